The van der Waals surface area contributed by atoms with E-state index >= 15 is 0 Å². The third-order valence-corrected chi connectivity index (χ3v) is 5.18. The lowest BCUT2D eigenvalue weighted by Gasteiger charge is -2.19. The van der Waals surface area contributed by atoms with E-state index < -0.39 is 0 Å². The van der Waals surface area contributed by atoms with Crippen molar-refractivity contribution in [2.75, 3.05) is 18.6 Å². The van der Waals surface area contributed by atoms with Crippen LogP contribution in [0.15, 0.2) is 40.9 Å². The SMILES string of the molecule is COc1ccc(C)cc1N1CC(c2nc(-c3cc(C)ccc3C)no2)CC1=O. The Bertz CT molecular complexity index is 1040. The molecule has 28 heavy (non-hydrogen) atoms. The van der Waals surface area contributed by atoms with E-state index in [1.807, 2.05) is 51.1 Å². The number of hydrogen-bond acceptors (Lipinski definition) is 5. The zero-order valence-electron chi connectivity index (χ0n) is 16.5. The fourth-order valence-corrected chi connectivity index (χ4v) is 3.60. The molecule has 1 aromatic heterocycles. The summed E-state index contributed by atoms with van der Waals surface area (Å²) in [5, 5.41) is 4.16. The van der Waals surface area contributed by atoms with Crippen molar-refractivity contribution in [1.29, 1.82) is 0 Å². The normalized spacial score (nSPS) is 16.6. The number of aromatic nitrogens is 2. The Morgan fingerprint density at radius 2 is 1.86 bits per heavy atom. The quantitative estimate of drug-likeness (QED) is 0.682. The molecule has 144 valence electrons. The highest BCUT2D eigenvalue weighted by Crippen LogP contribution is 2.37. The molecule has 2 aromatic carbocycles. The number of rotatable bonds is 4. The summed E-state index contributed by atoms with van der Waals surface area (Å²) in [7, 11) is 1.61. The highest BCUT2D eigenvalue weighted by molar-refractivity contribution is 5.97. The molecule has 0 spiro atoms. The van der Waals surface area contributed by atoms with Crippen LogP contribution in [-0.4, -0.2) is 29.7 Å². The Morgan fingerprint density at radius 1 is 1.11 bits per heavy atom. The standard InChI is InChI=1S/C22H23N3O3/c1-13-5-7-15(3)17(9-13)21-23-22(28-24-21)16-11-20(26)25(12-16)18-10-14(2)6-8-19(18)27-4/h5-10,16H,11-12H2,1-4H3. The van der Waals surface area contributed by atoms with Crippen LogP contribution in [0.3, 0.4) is 0 Å². The van der Waals surface area contributed by atoms with Gasteiger partial charge in [-0.1, -0.05) is 28.9 Å². The molecule has 1 aliphatic heterocycles. The van der Waals surface area contributed by atoms with E-state index in [0.717, 1.165) is 27.9 Å². The number of ether oxygens (including phenoxy) is 1. The average molecular weight is 377 g/mol. The minimum Gasteiger partial charge on any atom is -0.495 e. The summed E-state index contributed by atoms with van der Waals surface area (Å²) in [6.07, 6.45) is 0.339. The molecule has 6 heteroatoms. The molecule has 1 atom stereocenters. The summed E-state index contributed by atoms with van der Waals surface area (Å²) in [6.45, 7) is 6.55. The number of carbonyl (C=O) groups excluding carboxylic acids is 1. The maximum atomic E-state index is 12.7. The first kappa shape index (κ1) is 18.2. The summed E-state index contributed by atoms with van der Waals surface area (Å²) >= 11 is 0. The average Bonchev–Trinajstić information content (AvgIpc) is 3.30. The van der Waals surface area contributed by atoms with Gasteiger partial charge in [-0.3, -0.25) is 4.79 Å². The maximum Gasteiger partial charge on any atom is 0.232 e. The van der Waals surface area contributed by atoms with Crippen LogP contribution >= 0.6 is 0 Å². The minimum absolute atomic E-state index is 0.0281. The van der Waals surface area contributed by atoms with E-state index in [1.165, 1.54) is 0 Å². The number of benzene rings is 2. The highest BCUT2D eigenvalue weighted by Gasteiger charge is 2.36. The lowest BCUT2D eigenvalue weighted by Crippen LogP contribution is -2.25. The van der Waals surface area contributed by atoms with Gasteiger partial charge in [-0.25, -0.2) is 0 Å². The van der Waals surface area contributed by atoms with Crippen molar-refractivity contribution in [3.63, 3.8) is 0 Å². The summed E-state index contributed by atoms with van der Waals surface area (Å²) < 4.78 is 11.0. The van der Waals surface area contributed by atoms with Gasteiger partial charge in [0.1, 0.15) is 5.75 Å². The third kappa shape index (κ3) is 3.26. The Morgan fingerprint density at radius 3 is 2.64 bits per heavy atom. The van der Waals surface area contributed by atoms with Crippen LogP contribution in [0.25, 0.3) is 11.4 Å². The molecule has 0 bridgehead atoms. The fourth-order valence-electron chi connectivity index (χ4n) is 3.60. The molecule has 0 N–H and O–H groups in total. The van der Waals surface area contributed by atoms with E-state index in [0.29, 0.717) is 30.4 Å². The molecule has 6 nitrogen and oxygen atoms in total. The molecule has 4 rings (SSSR count). The largest absolute Gasteiger partial charge is 0.495 e. The molecule has 0 saturated carbocycles. The van der Waals surface area contributed by atoms with Gasteiger partial charge in [0.25, 0.3) is 0 Å². The number of amides is 1. The van der Waals surface area contributed by atoms with Gasteiger partial charge in [-0.05, 0) is 50.1 Å². The van der Waals surface area contributed by atoms with Gasteiger partial charge in [0.05, 0.1) is 18.7 Å². The van der Waals surface area contributed by atoms with Crippen LogP contribution in [-0.2, 0) is 4.79 Å². The summed E-state index contributed by atoms with van der Waals surface area (Å²) in [4.78, 5) is 19.0. The Labute approximate surface area is 164 Å². The number of anilines is 1. The topological polar surface area (TPSA) is 68.5 Å². The molecule has 3 aromatic rings. The monoisotopic (exact) mass is 377 g/mol. The fraction of sp³-hybridized carbons (Fsp3) is 0.318. The summed E-state index contributed by atoms with van der Waals surface area (Å²) in [5.41, 5.74) is 5.04. The van der Waals surface area contributed by atoms with Crippen LogP contribution in [0, 0.1) is 20.8 Å². The van der Waals surface area contributed by atoms with Crippen molar-refractivity contribution >= 4 is 11.6 Å². The summed E-state index contributed by atoms with van der Waals surface area (Å²) in [5.74, 6) is 1.64. The molecule has 2 heterocycles. The lowest BCUT2D eigenvalue weighted by molar-refractivity contribution is -0.117. The first-order chi connectivity index (χ1) is 13.5. The van der Waals surface area contributed by atoms with Crippen LogP contribution in [0.4, 0.5) is 5.69 Å². The van der Waals surface area contributed by atoms with E-state index in [9.17, 15) is 4.79 Å². The van der Waals surface area contributed by atoms with E-state index in [1.54, 1.807) is 12.0 Å². The van der Waals surface area contributed by atoms with Crippen molar-refractivity contribution in [3.8, 4) is 17.1 Å². The molecule has 1 fully saturated rings. The van der Waals surface area contributed by atoms with Gasteiger partial charge in [-0.2, -0.15) is 4.98 Å². The lowest BCUT2D eigenvalue weighted by atomic mass is 10.1. The second-order valence-electron chi connectivity index (χ2n) is 7.36. The van der Waals surface area contributed by atoms with Crippen molar-refractivity contribution in [2.45, 2.75) is 33.1 Å². The van der Waals surface area contributed by atoms with Gasteiger partial charge in [0.2, 0.25) is 17.6 Å². The van der Waals surface area contributed by atoms with E-state index in [4.69, 9.17) is 9.26 Å². The minimum atomic E-state index is -0.135. The molecule has 1 unspecified atom stereocenters. The van der Waals surface area contributed by atoms with Gasteiger partial charge in [0, 0.05) is 18.5 Å². The van der Waals surface area contributed by atoms with Crippen LogP contribution < -0.4 is 9.64 Å². The van der Waals surface area contributed by atoms with Gasteiger partial charge in [0.15, 0.2) is 0 Å². The van der Waals surface area contributed by atoms with Gasteiger partial charge in [-0.15, -0.1) is 0 Å². The predicted molar refractivity (Wildman–Crippen MR) is 107 cm³/mol. The molecule has 0 radical (unpaired) electrons. The molecule has 0 aliphatic carbocycles. The zero-order chi connectivity index (χ0) is 19.8. The number of aryl methyl sites for hydroxylation is 3. The van der Waals surface area contributed by atoms with Crippen molar-refractivity contribution < 1.29 is 14.1 Å². The first-order valence-electron chi connectivity index (χ1n) is 9.32. The Hall–Kier alpha value is -3.15. The number of nitrogens with zero attached hydrogens (tertiary/aromatic N) is 3. The first-order valence-corrected chi connectivity index (χ1v) is 9.32. The second kappa shape index (κ2) is 7.11. The molecule has 1 amide bonds. The number of methoxy groups -OCH3 is 1. The van der Waals surface area contributed by atoms with E-state index in [-0.39, 0.29) is 11.8 Å². The van der Waals surface area contributed by atoms with Crippen molar-refractivity contribution in [1.82, 2.24) is 10.1 Å². The molecule has 1 saturated heterocycles. The highest BCUT2D eigenvalue weighted by atomic mass is 16.5. The second-order valence-corrected chi connectivity index (χ2v) is 7.36. The van der Waals surface area contributed by atoms with Crippen molar-refractivity contribution in [2.24, 2.45) is 0 Å². The number of hydrogen-bond donors (Lipinski definition) is 0. The molecule has 1 aliphatic rings. The van der Waals surface area contributed by atoms with Gasteiger partial charge < -0.3 is 14.2 Å². The van der Waals surface area contributed by atoms with Crippen LogP contribution in [0.2, 0.25) is 0 Å². The third-order valence-electron chi connectivity index (χ3n) is 5.18. The van der Waals surface area contributed by atoms with Gasteiger partial charge >= 0.3 is 0 Å². The Kier molecular flexibility index (Phi) is 4.63. The predicted octanol–water partition coefficient (Wildman–Crippen LogP) is 4.19. The molecular weight excluding hydrogens is 354 g/mol. The summed E-state index contributed by atoms with van der Waals surface area (Å²) in [6, 6.07) is 12.0. The zero-order valence-corrected chi connectivity index (χ0v) is 16.5. The Balaban J connectivity index is 1.61. The number of carbonyl (C=O) groups is 1. The van der Waals surface area contributed by atoms with E-state index in [2.05, 4.69) is 16.2 Å². The maximum absolute atomic E-state index is 12.7. The van der Waals surface area contributed by atoms with Crippen LogP contribution in [0.1, 0.15) is 34.9 Å². The van der Waals surface area contributed by atoms with Crippen molar-refractivity contribution in [3.05, 3.63) is 59.0 Å². The van der Waals surface area contributed by atoms with Crippen LogP contribution in [0.5, 0.6) is 5.75 Å². The molecular formula is C22H23N3O3. The smallest absolute Gasteiger partial charge is 0.232 e.